The molecule has 0 radical (unpaired) electrons. The minimum atomic E-state index is 0.134. The van der Waals surface area contributed by atoms with E-state index >= 15 is 0 Å². The first-order valence-corrected chi connectivity index (χ1v) is 11.4. The third-order valence-electron chi connectivity index (χ3n) is 5.56. The number of nitrogens with one attached hydrogen (secondary N) is 1. The van der Waals surface area contributed by atoms with Crippen LogP contribution in [0.2, 0.25) is 0 Å². The normalized spacial score (nSPS) is 13.2. The highest BCUT2D eigenvalue weighted by Gasteiger charge is 2.15. The monoisotopic (exact) mass is 428 g/mol. The minimum Gasteiger partial charge on any atom is -0.395 e. The fourth-order valence-electron chi connectivity index (χ4n) is 3.73. The number of rotatable bonds is 12. The molecule has 0 saturated carbocycles. The van der Waals surface area contributed by atoms with E-state index in [1.54, 1.807) is 0 Å². The number of nitrogens with zero attached hydrogens (tertiary/aromatic N) is 2. The number of quaternary nitrogens is 1. The number of para-hydroxylation sites is 1. The van der Waals surface area contributed by atoms with Crippen LogP contribution in [0.25, 0.3) is 17.0 Å². The van der Waals surface area contributed by atoms with Gasteiger partial charge in [0.15, 0.2) is 0 Å². The van der Waals surface area contributed by atoms with E-state index in [2.05, 4.69) is 86.0 Å². The van der Waals surface area contributed by atoms with Crippen molar-refractivity contribution in [2.45, 2.75) is 26.8 Å². The Morgan fingerprint density at radius 2 is 1.97 bits per heavy atom. The molecule has 1 heterocycles. The highest BCUT2D eigenvalue weighted by molar-refractivity contribution is 7.80. The van der Waals surface area contributed by atoms with Gasteiger partial charge < -0.3 is 19.5 Å². The predicted molar refractivity (Wildman–Crippen MR) is 134 cm³/mol. The Morgan fingerprint density at radius 1 is 1.20 bits per heavy atom. The number of aliphatic hydroxyl groups excluding tert-OH is 1. The van der Waals surface area contributed by atoms with Crippen LogP contribution in [0.5, 0.6) is 0 Å². The average molecular weight is 429 g/mol. The molecule has 4 nitrogen and oxygen atoms in total. The Labute approximate surface area is 187 Å². The number of thiol groups is 1. The van der Waals surface area contributed by atoms with Crippen molar-refractivity contribution in [3.63, 3.8) is 0 Å². The van der Waals surface area contributed by atoms with Gasteiger partial charge in [0.25, 0.3) is 0 Å². The molecule has 2 rings (SSSR count). The molecule has 0 bridgehead atoms. The fourth-order valence-corrected chi connectivity index (χ4v) is 4.27. The van der Waals surface area contributed by atoms with Gasteiger partial charge in [-0.2, -0.15) is 12.6 Å². The molecule has 0 atom stereocenters. The Hall–Kier alpha value is -1.95. The molecule has 30 heavy (non-hydrogen) atoms. The van der Waals surface area contributed by atoms with E-state index in [0.29, 0.717) is 6.54 Å². The topological polar surface area (TPSA) is 37.2 Å². The number of aryl methyl sites for hydroxylation is 1. The minimum absolute atomic E-state index is 0.134. The molecule has 0 aliphatic heterocycles. The van der Waals surface area contributed by atoms with Crippen molar-refractivity contribution in [2.75, 3.05) is 46.1 Å². The van der Waals surface area contributed by atoms with E-state index in [1.165, 1.54) is 22.2 Å². The van der Waals surface area contributed by atoms with Crippen LogP contribution < -0.4 is 5.32 Å². The van der Waals surface area contributed by atoms with Crippen LogP contribution in [0.15, 0.2) is 54.3 Å². The Balaban J connectivity index is 2.23. The number of allylic oxidation sites excluding steroid dienone is 4. The standard InChI is InChI=1S/C25H37N3OS/c1-5-22(13-14-26-15-19-29)11-12-23-21(2)27(25-10-7-6-9-24(23)25)16-8-17-28(3,4)18-20-30/h5-7,9-14,26,29H,8,15-20H2,1-4H3/p+1/b12-11+,14-13-,22-5-. The van der Waals surface area contributed by atoms with Crippen LogP contribution in [0.3, 0.4) is 0 Å². The molecule has 0 aliphatic carbocycles. The number of aromatic nitrogens is 1. The molecule has 1 aromatic carbocycles. The zero-order valence-electron chi connectivity index (χ0n) is 18.9. The second-order valence-electron chi connectivity index (χ2n) is 8.26. The summed E-state index contributed by atoms with van der Waals surface area (Å²) in [7, 11) is 4.57. The Bertz CT molecular complexity index is 893. The van der Waals surface area contributed by atoms with Gasteiger partial charge >= 0.3 is 0 Å². The lowest BCUT2D eigenvalue weighted by Gasteiger charge is -2.29. The fraction of sp³-hybridized carbons (Fsp3) is 0.440. The number of hydrogen-bond donors (Lipinski definition) is 3. The number of benzene rings is 1. The first-order valence-electron chi connectivity index (χ1n) is 10.8. The number of fused-ring (bicyclic) bond motifs is 1. The molecule has 0 spiro atoms. The summed E-state index contributed by atoms with van der Waals surface area (Å²) in [6, 6.07) is 8.68. The van der Waals surface area contributed by atoms with Gasteiger partial charge in [-0.1, -0.05) is 36.4 Å². The lowest BCUT2D eigenvalue weighted by molar-refractivity contribution is -0.888. The van der Waals surface area contributed by atoms with Gasteiger partial charge in [0, 0.05) is 47.4 Å². The van der Waals surface area contributed by atoms with Crippen LogP contribution in [0.4, 0.5) is 0 Å². The smallest absolute Gasteiger partial charge is 0.0871 e. The van der Waals surface area contributed by atoms with E-state index in [-0.39, 0.29) is 6.61 Å². The third kappa shape index (κ3) is 6.79. The summed E-state index contributed by atoms with van der Waals surface area (Å²) < 4.78 is 3.47. The Kier molecular flexibility index (Phi) is 9.76. The largest absolute Gasteiger partial charge is 0.395 e. The molecular weight excluding hydrogens is 390 g/mol. The number of aliphatic hydroxyl groups is 1. The average Bonchev–Trinajstić information content (AvgIpc) is 2.99. The maximum atomic E-state index is 8.88. The van der Waals surface area contributed by atoms with Gasteiger partial charge in [-0.3, -0.25) is 0 Å². The van der Waals surface area contributed by atoms with Gasteiger partial charge in [0.05, 0.1) is 33.8 Å². The van der Waals surface area contributed by atoms with E-state index < -0.39 is 0 Å². The molecule has 5 heteroatoms. The molecular formula is C25H38N3OS+. The molecule has 164 valence electrons. The lowest BCUT2D eigenvalue weighted by Crippen LogP contribution is -2.42. The zero-order chi connectivity index (χ0) is 22.0. The molecule has 2 aromatic rings. The summed E-state index contributed by atoms with van der Waals surface area (Å²) in [6.07, 6.45) is 11.5. The van der Waals surface area contributed by atoms with Gasteiger partial charge in [0.1, 0.15) is 0 Å². The summed E-state index contributed by atoms with van der Waals surface area (Å²) in [5.41, 5.74) is 5.02. The predicted octanol–water partition coefficient (Wildman–Crippen LogP) is 4.40. The van der Waals surface area contributed by atoms with Gasteiger partial charge in [-0.25, -0.2) is 0 Å². The van der Waals surface area contributed by atoms with Gasteiger partial charge in [0.2, 0.25) is 0 Å². The number of hydrogen-bond acceptors (Lipinski definition) is 3. The van der Waals surface area contributed by atoms with Crippen molar-refractivity contribution >= 4 is 29.6 Å². The molecule has 0 aliphatic rings. The summed E-state index contributed by atoms with van der Waals surface area (Å²) in [5, 5.41) is 13.2. The van der Waals surface area contributed by atoms with Crippen LogP contribution in [-0.2, 0) is 6.54 Å². The van der Waals surface area contributed by atoms with E-state index in [0.717, 1.165) is 41.9 Å². The Morgan fingerprint density at radius 3 is 2.67 bits per heavy atom. The highest BCUT2D eigenvalue weighted by atomic mass is 32.1. The van der Waals surface area contributed by atoms with Crippen molar-refractivity contribution in [3.05, 3.63) is 65.5 Å². The van der Waals surface area contributed by atoms with Crippen molar-refractivity contribution in [3.8, 4) is 0 Å². The third-order valence-corrected chi connectivity index (χ3v) is 5.76. The summed E-state index contributed by atoms with van der Waals surface area (Å²) in [5.74, 6) is 0.921. The summed E-state index contributed by atoms with van der Waals surface area (Å²) >= 11 is 4.40. The van der Waals surface area contributed by atoms with Gasteiger partial charge in [-0.05, 0) is 37.8 Å². The second-order valence-corrected chi connectivity index (χ2v) is 8.71. The van der Waals surface area contributed by atoms with Crippen molar-refractivity contribution in [1.82, 2.24) is 9.88 Å². The lowest BCUT2D eigenvalue weighted by atomic mass is 10.1. The highest BCUT2D eigenvalue weighted by Crippen LogP contribution is 2.28. The second kappa shape index (κ2) is 12.0. The van der Waals surface area contributed by atoms with E-state index in [4.69, 9.17) is 5.11 Å². The molecule has 0 saturated heterocycles. The van der Waals surface area contributed by atoms with E-state index in [1.807, 2.05) is 19.2 Å². The SMILES string of the molecule is C/C=C(\C=C/NCCO)/C=C/c1c(C)n(CCC[N+](C)(C)CCS)c2ccccc12. The molecule has 2 N–H and O–H groups in total. The van der Waals surface area contributed by atoms with Crippen molar-refractivity contribution in [2.24, 2.45) is 0 Å². The summed E-state index contributed by atoms with van der Waals surface area (Å²) in [6.45, 7) is 8.22. The zero-order valence-corrected chi connectivity index (χ0v) is 19.8. The molecule has 0 amide bonds. The van der Waals surface area contributed by atoms with Crippen molar-refractivity contribution < 1.29 is 9.59 Å². The maximum absolute atomic E-state index is 8.88. The molecule has 1 aromatic heterocycles. The summed E-state index contributed by atoms with van der Waals surface area (Å²) in [4.78, 5) is 0. The van der Waals surface area contributed by atoms with E-state index in [9.17, 15) is 0 Å². The first-order chi connectivity index (χ1) is 14.4. The molecule has 0 fully saturated rings. The van der Waals surface area contributed by atoms with Crippen LogP contribution in [-0.4, -0.2) is 60.2 Å². The van der Waals surface area contributed by atoms with Crippen molar-refractivity contribution in [1.29, 1.82) is 0 Å². The maximum Gasteiger partial charge on any atom is 0.0871 e. The van der Waals surface area contributed by atoms with Crippen LogP contribution in [0.1, 0.15) is 24.6 Å². The quantitative estimate of drug-likeness (QED) is 0.203. The molecule has 0 unspecified atom stereocenters. The van der Waals surface area contributed by atoms with Crippen LogP contribution in [0, 0.1) is 6.92 Å². The van der Waals surface area contributed by atoms with Crippen LogP contribution >= 0.6 is 12.6 Å². The first kappa shape index (κ1) is 24.3. The van der Waals surface area contributed by atoms with Gasteiger partial charge in [-0.15, -0.1) is 0 Å².